The summed E-state index contributed by atoms with van der Waals surface area (Å²) in [5.41, 5.74) is 1.18. The number of nitrogens with zero attached hydrogens (tertiary/aromatic N) is 3. The fourth-order valence-electron chi connectivity index (χ4n) is 1.71. The van der Waals surface area contributed by atoms with Gasteiger partial charge in [-0.05, 0) is 29.3 Å². The van der Waals surface area contributed by atoms with Gasteiger partial charge in [0.05, 0.1) is 30.3 Å². The average Bonchev–Trinajstić information content (AvgIpc) is 2.82. The number of fused-ring (bicyclic) bond motifs is 1. The third kappa shape index (κ3) is 2.01. The molecule has 0 saturated heterocycles. The molecule has 0 spiro atoms. The topological polar surface area (TPSA) is 57.0 Å². The molecule has 0 aliphatic carbocycles. The van der Waals surface area contributed by atoms with Crippen LogP contribution in [0.1, 0.15) is 36.7 Å². The van der Waals surface area contributed by atoms with Crippen LogP contribution >= 0.6 is 15.9 Å². The minimum Gasteiger partial charge on any atom is -0.465 e. The molecule has 0 aromatic carbocycles. The Labute approximate surface area is 113 Å². The molecule has 0 fully saturated rings. The van der Waals surface area contributed by atoms with Crippen LogP contribution in [-0.2, 0) is 4.74 Å². The molecule has 2 rings (SSSR count). The van der Waals surface area contributed by atoms with Gasteiger partial charge in [-0.25, -0.2) is 14.5 Å². The molecule has 0 bridgehead atoms. The van der Waals surface area contributed by atoms with Gasteiger partial charge in [0.15, 0.2) is 5.65 Å². The predicted octanol–water partition coefficient (Wildman–Crippen LogP) is 2.95. The maximum absolute atomic E-state index is 11.6. The molecule has 1 unspecified atom stereocenters. The molecule has 0 radical (unpaired) electrons. The first-order chi connectivity index (χ1) is 8.60. The van der Waals surface area contributed by atoms with E-state index < -0.39 is 5.97 Å². The lowest BCUT2D eigenvalue weighted by molar-refractivity contribution is 0.0599. The van der Waals surface area contributed by atoms with E-state index in [0.717, 1.165) is 17.5 Å². The molecular formula is C12H14BrN3O2. The van der Waals surface area contributed by atoms with Crippen molar-refractivity contribution in [1.82, 2.24) is 14.8 Å². The number of hydrogen-bond acceptors (Lipinski definition) is 4. The first-order valence-corrected chi connectivity index (χ1v) is 6.49. The lowest BCUT2D eigenvalue weighted by Gasteiger charge is -2.10. The van der Waals surface area contributed by atoms with Gasteiger partial charge in [-0.3, -0.25) is 0 Å². The highest BCUT2D eigenvalue weighted by Gasteiger charge is 2.18. The van der Waals surface area contributed by atoms with Crippen LogP contribution in [0.3, 0.4) is 0 Å². The monoisotopic (exact) mass is 311 g/mol. The highest BCUT2D eigenvalue weighted by molar-refractivity contribution is 9.10. The molecule has 2 heterocycles. The van der Waals surface area contributed by atoms with Crippen molar-refractivity contribution in [1.29, 1.82) is 0 Å². The van der Waals surface area contributed by atoms with Gasteiger partial charge in [0, 0.05) is 10.7 Å². The second kappa shape index (κ2) is 5.06. The zero-order valence-corrected chi connectivity index (χ0v) is 12.1. The van der Waals surface area contributed by atoms with Crippen LogP contribution in [0.4, 0.5) is 0 Å². The zero-order chi connectivity index (χ0) is 13.3. The van der Waals surface area contributed by atoms with Crippen LogP contribution in [0.15, 0.2) is 16.9 Å². The van der Waals surface area contributed by atoms with Gasteiger partial charge in [-0.15, -0.1) is 0 Å². The SMILES string of the molecule is CCC(C)n1ncc2c(Br)c(C(=O)OC)cnc21. The average molecular weight is 312 g/mol. The highest BCUT2D eigenvalue weighted by Crippen LogP contribution is 2.28. The first-order valence-electron chi connectivity index (χ1n) is 5.70. The smallest absolute Gasteiger partial charge is 0.340 e. The second-order valence-electron chi connectivity index (χ2n) is 4.06. The summed E-state index contributed by atoms with van der Waals surface area (Å²) in [5.74, 6) is -0.410. The number of hydrogen-bond donors (Lipinski definition) is 0. The van der Waals surface area contributed by atoms with Crippen molar-refractivity contribution in [2.45, 2.75) is 26.3 Å². The zero-order valence-electron chi connectivity index (χ0n) is 10.5. The van der Waals surface area contributed by atoms with Crippen LogP contribution in [0, 0.1) is 0 Å². The lowest BCUT2D eigenvalue weighted by atomic mass is 10.2. The Kier molecular flexibility index (Phi) is 3.65. The molecule has 2 aromatic heterocycles. The van der Waals surface area contributed by atoms with Gasteiger partial charge in [-0.2, -0.15) is 5.10 Å². The van der Waals surface area contributed by atoms with Gasteiger partial charge in [0.25, 0.3) is 0 Å². The van der Waals surface area contributed by atoms with Crippen molar-refractivity contribution in [3.05, 3.63) is 22.4 Å². The molecule has 18 heavy (non-hydrogen) atoms. The number of methoxy groups -OCH3 is 1. The minimum atomic E-state index is -0.410. The van der Waals surface area contributed by atoms with E-state index >= 15 is 0 Å². The fourth-order valence-corrected chi connectivity index (χ4v) is 2.26. The normalized spacial score (nSPS) is 12.7. The van der Waals surface area contributed by atoms with Crippen molar-refractivity contribution >= 4 is 32.9 Å². The Morgan fingerprint density at radius 1 is 1.56 bits per heavy atom. The van der Waals surface area contributed by atoms with Gasteiger partial charge >= 0.3 is 5.97 Å². The number of halogens is 1. The van der Waals surface area contributed by atoms with Crippen LogP contribution < -0.4 is 0 Å². The summed E-state index contributed by atoms with van der Waals surface area (Å²) in [5, 5.41) is 5.14. The summed E-state index contributed by atoms with van der Waals surface area (Å²) >= 11 is 3.41. The third-order valence-corrected chi connectivity index (χ3v) is 3.83. The summed E-state index contributed by atoms with van der Waals surface area (Å²) in [6, 6.07) is 0.269. The molecule has 0 amide bonds. The molecule has 6 heteroatoms. The van der Waals surface area contributed by atoms with Crippen molar-refractivity contribution in [3.63, 3.8) is 0 Å². The molecule has 5 nitrogen and oxygen atoms in total. The predicted molar refractivity (Wildman–Crippen MR) is 71.6 cm³/mol. The lowest BCUT2D eigenvalue weighted by Crippen LogP contribution is -2.07. The van der Waals surface area contributed by atoms with Crippen molar-refractivity contribution in [2.24, 2.45) is 0 Å². The molecule has 96 valence electrons. The van der Waals surface area contributed by atoms with Crippen molar-refractivity contribution in [2.75, 3.05) is 7.11 Å². The highest BCUT2D eigenvalue weighted by atomic mass is 79.9. The third-order valence-electron chi connectivity index (χ3n) is 2.97. The minimum absolute atomic E-state index is 0.269. The molecule has 0 saturated carbocycles. The quantitative estimate of drug-likeness (QED) is 0.818. The number of rotatable bonds is 3. The van der Waals surface area contributed by atoms with Crippen molar-refractivity contribution < 1.29 is 9.53 Å². The number of pyridine rings is 1. The van der Waals surface area contributed by atoms with E-state index in [1.165, 1.54) is 13.3 Å². The van der Waals surface area contributed by atoms with Crippen LogP contribution in [0.2, 0.25) is 0 Å². The molecule has 1 atom stereocenters. The number of ether oxygens (including phenoxy) is 1. The molecular weight excluding hydrogens is 298 g/mol. The molecule has 0 aliphatic rings. The van der Waals surface area contributed by atoms with E-state index in [1.807, 2.05) is 4.68 Å². The van der Waals surface area contributed by atoms with Gasteiger partial charge in [-0.1, -0.05) is 6.92 Å². The Morgan fingerprint density at radius 2 is 2.28 bits per heavy atom. The summed E-state index contributed by atoms with van der Waals surface area (Å²) < 4.78 is 7.24. The standard InChI is InChI=1S/C12H14BrN3O2/c1-4-7(2)16-11-8(6-15-16)10(13)9(5-14-11)12(17)18-3/h5-7H,4H2,1-3H3. The maximum Gasteiger partial charge on any atom is 0.340 e. The largest absolute Gasteiger partial charge is 0.465 e. The van der Waals surface area contributed by atoms with E-state index in [-0.39, 0.29) is 6.04 Å². The van der Waals surface area contributed by atoms with E-state index in [0.29, 0.717) is 10.0 Å². The molecule has 0 aliphatic heterocycles. The van der Waals surface area contributed by atoms with Gasteiger partial charge in [0.2, 0.25) is 0 Å². The summed E-state index contributed by atoms with van der Waals surface area (Å²) in [7, 11) is 1.35. The first kappa shape index (κ1) is 13.0. The van der Waals surface area contributed by atoms with E-state index in [4.69, 9.17) is 4.74 Å². The molecule has 0 N–H and O–H groups in total. The Bertz CT molecular complexity index is 594. The van der Waals surface area contributed by atoms with Gasteiger partial charge < -0.3 is 4.74 Å². The van der Waals surface area contributed by atoms with Crippen LogP contribution in [-0.4, -0.2) is 27.8 Å². The number of carbonyl (C=O) groups is 1. The van der Waals surface area contributed by atoms with Crippen LogP contribution in [0.25, 0.3) is 11.0 Å². The summed E-state index contributed by atoms with van der Waals surface area (Å²) in [6.45, 7) is 4.17. The van der Waals surface area contributed by atoms with Crippen molar-refractivity contribution in [3.8, 4) is 0 Å². The van der Waals surface area contributed by atoms with E-state index in [9.17, 15) is 4.79 Å². The summed E-state index contributed by atoms with van der Waals surface area (Å²) in [4.78, 5) is 15.9. The van der Waals surface area contributed by atoms with E-state index in [1.54, 1.807) is 6.20 Å². The Hall–Kier alpha value is -1.43. The van der Waals surface area contributed by atoms with Gasteiger partial charge in [0.1, 0.15) is 0 Å². The number of aromatic nitrogens is 3. The van der Waals surface area contributed by atoms with Crippen LogP contribution in [0.5, 0.6) is 0 Å². The summed E-state index contributed by atoms with van der Waals surface area (Å²) in [6.07, 6.45) is 4.19. The van der Waals surface area contributed by atoms with E-state index in [2.05, 4.69) is 39.9 Å². The maximum atomic E-state index is 11.6. The fraction of sp³-hybridized carbons (Fsp3) is 0.417. The number of esters is 1. The Morgan fingerprint density at radius 3 is 2.89 bits per heavy atom. The Balaban J connectivity index is 2.60. The number of carbonyl (C=O) groups excluding carboxylic acids is 1. The second-order valence-corrected chi connectivity index (χ2v) is 4.85. The molecule has 2 aromatic rings.